The van der Waals surface area contributed by atoms with Crippen molar-refractivity contribution in [1.82, 2.24) is 10.2 Å². The molecule has 10 nitrogen and oxygen atoms in total. The van der Waals surface area contributed by atoms with E-state index in [-0.39, 0.29) is 43.1 Å². The van der Waals surface area contributed by atoms with Crippen LogP contribution >= 0.6 is 0 Å². The van der Waals surface area contributed by atoms with Gasteiger partial charge in [0.1, 0.15) is 5.54 Å². The van der Waals surface area contributed by atoms with Gasteiger partial charge in [-0.2, -0.15) is 0 Å². The quantitative estimate of drug-likeness (QED) is 0.307. The molecule has 3 aromatic carbocycles. The number of carbonyl (C=O) groups is 3. The molecule has 192 valence electrons. The first-order valence-electron chi connectivity index (χ1n) is 12.3. The van der Waals surface area contributed by atoms with Crippen LogP contribution in [0.1, 0.15) is 16.7 Å². The molecule has 4 heterocycles. The molecule has 2 saturated heterocycles. The summed E-state index contributed by atoms with van der Waals surface area (Å²) < 4.78 is 10.8. The number of para-hydroxylation sites is 1. The number of carbonyl (C=O) groups excluding carboxylic acids is 3. The molecule has 7 rings (SSSR count). The highest BCUT2D eigenvalue weighted by Crippen LogP contribution is 2.53. The van der Waals surface area contributed by atoms with Crippen molar-refractivity contribution in [2.75, 3.05) is 12.1 Å². The molecule has 3 amide bonds. The molecule has 4 aliphatic rings. The molecule has 10 heteroatoms. The van der Waals surface area contributed by atoms with Gasteiger partial charge in [0, 0.05) is 17.3 Å². The average molecular weight is 514 g/mol. The SMILES string of the molecule is O=C1[C@@H]2[C@H](Cc3ccc(O)c(O)c3)N[C@]3(C(=O)Nc4ccccc43)[C@@H]2C(=O)N1Cc1ccc2c(c1)OCO2. The number of hydrogen-bond donors (Lipinski definition) is 4. The second-order valence-corrected chi connectivity index (χ2v) is 10.0. The third kappa shape index (κ3) is 3.07. The monoisotopic (exact) mass is 513 g/mol. The largest absolute Gasteiger partial charge is 0.504 e. The molecule has 1 spiro atoms. The van der Waals surface area contributed by atoms with Crippen molar-refractivity contribution in [3.8, 4) is 23.0 Å². The molecule has 0 aliphatic carbocycles. The smallest absolute Gasteiger partial charge is 0.250 e. The highest BCUT2D eigenvalue weighted by molar-refractivity contribution is 6.15. The van der Waals surface area contributed by atoms with Gasteiger partial charge in [-0.05, 0) is 47.9 Å². The number of rotatable bonds is 4. The Bertz CT molecular complexity index is 1540. The number of phenolic OH excluding ortho intramolecular Hbond substituents is 2. The van der Waals surface area contributed by atoms with Crippen molar-refractivity contribution in [2.45, 2.75) is 24.5 Å². The summed E-state index contributed by atoms with van der Waals surface area (Å²) in [6.07, 6.45) is 0.253. The van der Waals surface area contributed by atoms with Gasteiger partial charge in [0.2, 0.25) is 24.5 Å². The number of aromatic hydroxyl groups is 2. The number of imide groups is 1. The van der Waals surface area contributed by atoms with E-state index in [4.69, 9.17) is 9.47 Å². The van der Waals surface area contributed by atoms with E-state index in [1.165, 1.54) is 17.0 Å². The van der Waals surface area contributed by atoms with Crippen LogP contribution in [0, 0.1) is 11.8 Å². The van der Waals surface area contributed by atoms with Crippen molar-refractivity contribution >= 4 is 23.4 Å². The molecular formula is C28H23N3O7. The summed E-state index contributed by atoms with van der Waals surface area (Å²) in [6.45, 7) is 0.148. The zero-order valence-electron chi connectivity index (χ0n) is 20.0. The Kier molecular flexibility index (Phi) is 4.74. The van der Waals surface area contributed by atoms with Gasteiger partial charge < -0.3 is 25.0 Å². The number of hydrogen-bond acceptors (Lipinski definition) is 8. The lowest BCUT2D eigenvalue weighted by Crippen LogP contribution is -2.53. The third-order valence-corrected chi connectivity index (χ3v) is 7.99. The van der Waals surface area contributed by atoms with Crippen LogP contribution in [-0.4, -0.2) is 45.7 Å². The molecule has 2 fully saturated rings. The molecular weight excluding hydrogens is 490 g/mol. The van der Waals surface area contributed by atoms with Crippen LogP contribution < -0.4 is 20.1 Å². The number of nitrogens with zero attached hydrogens (tertiary/aromatic N) is 1. The van der Waals surface area contributed by atoms with E-state index in [0.29, 0.717) is 33.9 Å². The second-order valence-electron chi connectivity index (χ2n) is 10.0. The summed E-state index contributed by atoms with van der Waals surface area (Å²) in [5.41, 5.74) is 1.16. The van der Waals surface area contributed by atoms with Gasteiger partial charge in [0.25, 0.3) is 0 Å². The molecule has 4 N–H and O–H groups in total. The molecule has 0 bridgehead atoms. The Hall–Kier alpha value is -4.57. The minimum Gasteiger partial charge on any atom is -0.504 e. The number of fused-ring (bicyclic) bond motifs is 5. The fourth-order valence-corrected chi connectivity index (χ4v) is 6.32. The van der Waals surface area contributed by atoms with Crippen molar-refractivity contribution < 1.29 is 34.1 Å². The lowest BCUT2D eigenvalue weighted by atomic mass is 9.76. The van der Waals surface area contributed by atoms with Crippen LogP contribution in [0.25, 0.3) is 0 Å². The van der Waals surface area contributed by atoms with Gasteiger partial charge in [0.05, 0.1) is 18.4 Å². The standard InChI is InChI=1S/C28H23N3O7/c32-19-7-5-14(10-20(19)33)9-18-23-24(28(30-18)16-3-1-2-4-17(16)29-27(28)36)26(35)31(25(23)34)12-15-6-8-21-22(11-15)38-13-37-21/h1-8,10-11,18,23-24,30,32-33H,9,12-13H2,(H,29,36)/t18-,23+,24-,28-/m0/s1. The molecule has 4 aliphatic heterocycles. The summed E-state index contributed by atoms with van der Waals surface area (Å²) >= 11 is 0. The highest BCUT2D eigenvalue weighted by atomic mass is 16.7. The van der Waals surface area contributed by atoms with E-state index < -0.39 is 29.3 Å². The van der Waals surface area contributed by atoms with Gasteiger partial charge in [-0.15, -0.1) is 0 Å². The number of anilines is 1. The maximum absolute atomic E-state index is 14.0. The predicted molar refractivity (Wildman–Crippen MR) is 132 cm³/mol. The number of benzene rings is 3. The van der Waals surface area contributed by atoms with Gasteiger partial charge in [-0.1, -0.05) is 30.3 Å². The topological polar surface area (TPSA) is 137 Å². The Balaban J connectivity index is 1.29. The summed E-state index contributed by atoms with van der Waals surface area (Å²) in [6, 6.07) is 16.3. The zero-order chi connectivity index (χ0) is 26.2. The lowest BCUT2D eigenvalue weighted by Gasteiger charge is -2.29. The average Bonchev–Trinajstić information content (AvgIpc) is 3.63. The van der Waals surface area contributed by atoms with E-state index >= 15 is 0 Å². The maximum atomic E-state index is 14.0. The predicted octanol–water partition coefficient (Wildman–Crippen LogP) is 1.99. The number of amides is 3. The molecule has 0 radical (unpaired) electrons. The molecule has 4 atom stereocenters. The van der Waals surface area contributed by atoms with E-state index in [2.05, 4.69) is 10.6 Å². The summed E-state index contributed by atoms with van der Waals surface area (Å²) in [4.78, 5) is 42.7. The minimum absolute atomic E-state index is 0.0351. The Labute approximate surface area is 216 Å². The van der Waals surface area contributed by atoms with E-state index in [1.807, 2.05) is 0 Å². The van der Waals surface area contributed by atoms with Crippen LogP contribution in [0.2, 0.25) is 0 Å². The first-order chi connectivity index (χ1) is 18.4. The summed E-state index contributed by atoms with van der Waals surface area (Å²) in [7, 11) is 0. The molecule has 3 aromatic rings. The lowest BCUT2D eigenvalue weighted by molar-refractivity contribution is -0.143. The zero-order valence-corrected chi connectivity index (χ0v) is 20.0. The first kappa shape index (κ1) is 22.6. The Morgan fingerprint density at radius 2 is 1.68 bits per heavy atom. The maximum Gasteiger partial charge on any atom is 0.250 e. The molecule has 0 saturated carbocycles. The van der Waals surface area contributed by atoms with Crippen LogP contribution in [0.5, 0.6) is 23.0 Å². The number of nitrogens with one attached hydrogen (secondary N) is 2. The normalized spacial score (nSPS) is 26.7. The van der Waals surface area contributed by atoms with Crippen molar-refractivity contribution in [3.63, 3.8) is 0 Å². The minimum atomic E-state index is -1.42. The number of ether oxygens (including phenoxy) is 2. The van der Waals surface area contributed by atoms with Crippen molar-refractivity contribution in [2.24, 2.45) is 11.8 Å². The fourth-order valence-electron chi connectivity index (χ4n) is 6.32. The number of phenols is 2. The van der Waals surface area contributed by atoms with Crippen molar-refractivity contribution in [1.29, 1.82) is 0 Å². The first-order valence-corrected chi connectivity index (χ1v) is 12.3. The fraction of sp³-hybridized carbons (Fsp3) is 0.250. The van der Waals surface area contributed by atoms with Gasteiger partial charge >= 0.3 is 0 Å². The highest BCUT2D eigenvalue weighted by Gasteiger charge is 2.70. The molecule has 38 heavy (non-hydrogen) atoms. The molecule has 0 unspecified atom stereocenters. The van der Waals surface area contributed by atoms with Crippen molar-refractivity contribution in [3.05, 3.63) is 77.4 Å². The van der Waals surface area contributed by atoms with Crippen LogP contribution in [0.4, 0.5) is 5.69 Å². The molecule has 0 aromatic heterocycles. The van der Waals surface area contributed by atoms with E-state index in [1.54, 1.807) is 48.5 Å². The van der Waals surface area contributed by atoms with Crippen LogP contribution in [-0.2, 0) is 32.9 Å². The second kappa shape index (κ2) is 7.96. The van der Waals surface area contributed by atoms with Crippen LogP contribution in [0.15, 0.2) is 60.7 Å². The van der Waals surface area contributed by atoms with E-state index in [0.717, 1.165) is 0 Å². The van der Waals surface area contributed by atoms with Gasteiger partial charge in [-0.25, -0.2) is 0 Å². The van der Waals surface area contributed by atoms with Gasteiger partial charge in [0.15, 0.2) is 23.0 Å². The summed E-state index contributed by atoms with van der Waals surface area (Å²) in [5.74, 6) is -2.33. The Morgan fingerprint density at radius 3 is 2.53 bits per heavy atom. The van der Waals surface area contributed by atoms with Gasteiger partial charge in [-0.3, -0.25) is 24.6 Å². The third-order valence-electron chi connectivity index (χ3n) is 7.99. The number of likely N-dealkylation sites (tertiary alicyclic amines) is 1. The summed E-state index contributed by atoms with van der Waals surface area (Å²) in [5, 5.41) is 26.0. The Morgan fingerprint density at radius 1 is 0.895 bits per heavy atom. The van der Waals surface area contributed by atoms with Crippen LogP contribution in [0.3, 0.4) is 0 Å². The van der Waals surface area contributed by atoms with E-state index in [9.17, 15) is 24.6 Å².